The molecule has 1 rings (SSSR count). The Morgan fingerprint density at radius 1 is 1.39 bits per heavy atom. The number of rotatable bonds is 5. The van der Waals surface area contributed by atoms with Crippen molar-refractivity contribution in [2.75, 3.05) is 14.2 Å². The molecule has 1 atom stereocenters. The van der Waals surface area contributed by atoms with E-state index < -0.39 is 6.04 Å². The van der Waals surface area contributed by atoms with Crippen LogP contribution in [-0.4, -0.2) is 26.2 Å². The number of benzene rings is 1. The number of carbonyl (C=O) groups is 1. The standard InChI is InChI=1S/C12H18N2O3.ClH/c1-8(13)12(15)14-7-9-4-5-10(16-2)6-11(9)17-3;/h4-6,8H,7,13H2,1-3H3,(H,14,15);1H/p-1/t8-;/m0./s1. The SMILES string of the molecule is COc1ccc(CNC(=O)[C@H](C)N)c(OC)c1.[Cl-]. The fraction of sp³-hybridized carbons (Fsp3) is 0.417. The molecule has 0 saturated carbocycles. The maximum atomic E-state index is 11.3. The third-order valence-electron chi connectivity index (χ3n) is 2.36. The van der Waals surface area contributed by atoms with E-state index in [4.69, 9.17) is 15.2 Å². The van der Waals surface area contributed by atoms with Gasteiger partial charge in [0.1, 0.15) is 11.5 Å². The maximum absolute atomic E-state index is 11.3. The highest BCUT2D eigenvalue weighted by Gasteiger charge is 2.09. The van der Waals surface area contributed by atoms with Crippen molar-refractivity contribution in [1.29, 1.82) is 0 Å². The molecule has 6 heteroatoms. The third kappa shape index (κ3) is 4.43. The van der Waals surface area contributed by atoms with Crippen LogP contribution in [0.4, 0.5) is 0 Å². The summed E-state index contributed by atoms with van der Waals surface area (Å²) in [5, 5.41) is 2.73. The molecule has 0 heterocycles. The molecule has 0 aromatic heterocycles. The molecule has 18 heavy (non-hydrogen) atoms. The van der Waals surface area contributed by atoms with Crippen molar-refractivity contribution in [3.05, 3.63) is 23.8 Å². The van der Waals surface area contributed by atoms with E-state index in [-0.39, 0.29) is 18.3 Å². The third-order valence-corrected chi connectivity index (χ3v) is 2.36. The zero-order valence-corrected chi connectivity index (χ0v) is 11.5. The van der Waals surface area contributed by atoms with E-state index in [2.05, 4.69) is 5.32 Å². The van der Waals surface area contributed by atoms with E-state index in [9.17, 15) is 4.79 Å². The van der Waals surface area contributed by atoms with Crippen molar-refractivity contribution in [3.63, 3.8) is 0 Å². The highest BCUT2D eigenvalue weighted by atomic mass is 35.5. The van der Waals surface area contributed by atoms with Gasteiger partial charge in [-0.3, -0.25) is 4.79 Å². The second-order valence-electron chi connectivity index (χ2n) is 3.68. The normalized spacial score (nSPS) is 11.1. The number of carbonyl (C=O) groups excluding carboxylic acids is 1. The first kappa shape index (κ1) is 16.5. The van der Waals surface area contributed by atoms with Crippen molar-refractivity contribution in [2.45, 2.75) is 19.5 Å². The van der Waals surface area contributed by atoms with Gasteiger partial charge in [-0.05, 0) is 19.1 Å². The zero-order chi connectivity index (χ0) is 12.8. The van der Waals surface area contributed by atoms with Gasteiger partial charge in [-0.15, -0.1) is 0 Å². The van der Waals surface area contributed by atoms with Crippen molar-refractivity contribution < 1.29 is 26.7 Å². The van der Waals surface area contributed by atoms with Gasteiger partial charge >= 0.3 is 0 Å². The summed E-state index contributed by atoms with van der Waals surface area (Å²) in [6, 6.07) is 4.92. The molecular weight excluding hydrogens is 256 g/mol. The fourth-order valence-corrected chi connectivity index (χ4v) is 1.34. The van der Waals surface area contributed by atoms with Crippen molar-refractivity contribution in [3.8, 4) is 11.5 Å². The fourth-order valence-electron chi connectivity index (χ4n) is 1.34. The molecule has 3 N–H and O–H groups in total. The van der Waals surface area contributed by atoms with E-state index in [0.717, 1.165) is 5.56 Å². The number of methoxy groups -OCH3 is 2. The molecule has 0 bridgehead atoms. The second-order valence-corrected chi connectivity index (χ2v) is 3.68. The summed E-state index contributed by atoms with van der Waals surface area (Å²) >= 11 is 0. The highest BCUT2D eigenvalue weighted by molar-refractivity contribution is 5.81. The molecule has 102 valence electrons. The maximum Gasteiger partial charge on any atom is 0.236 e. The molecular formula is C12H18ClN2O3-. The Balaban J connectivity index is 0.00000289. The Kier molecular flexibility index (Phi) is 7.16. The largest absolute Gasteiger partial charge is 1.00 e. The van der Waals surface area contributed by atoms with Crippen molar-refractivity contribution in [2.24, 2.45) is 5.73 Å². The Hall–Kier alpha value is -1.46. The summed E-state index contributed by atoms with van der Waals surface area (Å²) in [6.07, 6.45) is 0. The van der Waals surface area contributed by atoms with E-state index in [0.29, 0.717) is 18.0 Å². The van der Waals surface area contributed by atoms with Gasteiger partial charge in [0.05, 0.1) is 20.3 Å². The number of nitrogens with two attached hydrogens (primary N) is 1. The minimum absolute atomic E-state index is 0. The first-order valence-electron chi connectivity index (χ1n) is 5.32. The summed E-state index contributed by atoms with van der Waals surface area (Å²) in [5.74, 6) is 1.20. The Bertz CT molecular complexity index is 397. The van der Waals surface area contributed by atoms with Crippen LogP contribution in [0.25, 0.3) is 0 Å². The average Bonchev–Trinajstić information content (AvgIpc) is 2.35. The first-order valence-corrected chi connectivity index (χ1v) is 5.32. The smallest absolute Gasteiger partial charge is 0.236 e. The van der Waals surface area contributed by atoms with E-state index in [1.807, 2.05) is 12.1 Å². The number of hydrogen-bond donors (Lipinski definition) is 2. The van der Waals surface area contributed by atoms with Crippen LogP contribution in [0.5, 0.6) is 11.5 Å². The van der Waals surface area contributed by atoms with Crippen LogP contribution in [0.2, 0.25) is 0 Å². The number of halogens is 1. The van der Waals surface area contributed by atoms with E-state index in [1.165, 1.54) is 0 Å². The van der Waals surface area contributed by atoms with Crippen LogP contribution >= 0.6 is 0 Å². The molecule has 1 aromatic carbocycles. The topological polar surface area (TPSA) is 73.6 Å². The van der Waals surface area contributed by atoms with Gasteiger partial charge in [0.15, 0.2) is 0 Å². The quantitative estimate of drug-likeness (QED) is 0.631. The zero-order valence-electron chi connectivity index (χ0n) is 10.7. The summed E-state index contributed by atoms with van der Waals surface area (Å²) < 4.78 is 10.3. The average molecular weight is 274 g/mol. The van der Waals surface area contributed by atoms with E-state index in [1.54, 1.807) is 27.2 Å². The second kappa shape index (κ2) is 7.79. The van der Waals surface area contributed by atoms with Crippen LogP contribution < -0.4 is 32.9 Å². The van der Waals surface area contributed by atoms with Crippen molar-refractivity contribution >= 4 is 5.91 Å². The highest BCUT2D eigenvalue weighted by Crippen LogP contribution is 2.24. The Morgan fingerprint density at radius 2 is 2.06 bits per heavy atom. The van der Waals surface area contributed by atoms with Gasteiger partial charge in [-0.1, -0.05) is 0 Å². The van der Waals surface area contributed by atoms with Gasteiger partial charge < -0.3 is 32.9 Å². The molecule has 1 aromatic rings. The number of ether oxygens (including phenoxy) is 2. The first-order chi connectivity index (χ1) is 8.08. The molecule has 0 spiro atoms. The van der Waals surface area contributed by atoms with E-state index >= 15 is 0 Å². The Morgan fingerprint density at radius 3 is 2.56 bits per heavy atom. The summed E-state index contributed by atoms with van der Waals surface area (Å²) in [6.45, 7) is 2.02. The summed E-state index contributed by atoms with van der Waals surface area (Å²) in [7, 11) is 3.16. The lowest BCUT2D eigenvalue weighted by molar-refractivity contribution is -0.122. The minimum Gasteiger partial charge on any atom is -1.00 e. The van der Waals surface area contributed by atoms with Crippen molar-refractivity contribution in [1.82, 2.24) is 5.32 Å². The predicted molar refractivity (Wildman–Crippen MR) is 65.0 cm³/mol. The molecule has 0 radical (unpaired) electrons. The van der Waals surface area contributed by atoms with Crippen LogP contribution in [-0.2, 0) is 11.3 Å². The van der Waals surface area contributed by atoms with Crippen LogP contribution in [0.15, 0.2) is 18.2 Å². The molecule has 0 aliphatic carbocycles. The van der Waals surface area contributed by atoms with Gasteiger partial charge in [-0.2, -0.15) is 0 Å². The lowest BCUT2D eigenvalue weighted by atomic mass is 10.2. The lowest BCUT2D eigenvalue weighted by Gasteiger charge is -2.12. The molecule has 1 amide bonds. The number of hydrogen-bond acceptors (Lipinski definition) is 4. The Labute approximate surface area is 113 Å². The molecule has 0 unspecified atom stereocenters. The van der Waals surface area contributed by atoms with Gasteiger partial charge in [0.25, 0.3) is 0 Å². The molecule has 0 saturated heterocycles. The lowest BCUT2D eigenvalue weighted by Crippen LogP contribution is -3.00. The molecule has 0 fully saturated rings. The molecule has 0 aliphatic rings. The van der Waals surface area contributed by atoms with Crippen LogP contribution in [0.1, 0.15) is 12.5 Å². The van der Waals surface area contributed by atoms with Gasteiger partial charge in [0.2, 0.25) is 5.91 Å². The summed E-state index contributed by atoms with van der Waals surface area (Å²) in [4.78, 5) is 11.3. The number of amides is 1. The van der Waals surface area contributed by atoms with Gasteiger partial charge in [0, 0.05) is 18.2 Å². The van der Waals surface area contributed by atoms with Gasteiger partial charge in [-0.25, -0.2) is 0 Å². The monoisotopic (exact) mass is 273 g/mol. The summed E-state index contributed by atoms with van der Waals surface area (Å²) in [5.41, 5.74) is 6.33. The minimum atomic E-state index is -0.515. The molecule has 0 aliphatic heterocycles. The van der Waals surface area contributed by atoms with Crippen LogP contribution in [0, 0.1) is 0 Å². The van der Waals surface area contributed by atoms with Crippen LogP contribution in [0.3, 0.4) is 0 Å². The predicted octanol–water partition coefficient (Wildman–Crippen LogP) is -2.33. The molecule has 5 nitrogen and oxygen atoms in total. The number of nitrogens with one attached hydrogen (secondary N) is 1.